The van der Waals surface area contributed by atoms with Crippen molar-refractivity contribution in [3.8, 4) is 5.69 Å². The lowest BCUT2D eigenvalue weighted by Crippen LogP contribution is -2.55. The van der Waals surface area contributed by atoms with Gasteiger partial charge in [-0.25, -0.2) is 4.68 Å². The van der Waals surface area contributed by atoms with Gasteiger partial charge >= 0.3 is 5.97 Å². The van der Waals surface area contributed by atoms with Crippen molar-refractivity contribution in [2.45, 2.75) is 45.2 Å². The van der Waals surface area contributed by atoms with Crippen molar-refractivity contribution in [1.29, 1.82) is 0 Å². The van der Waals surface area contributed by atoms with E-state index in [4.69, 9.17) is 0 Å². The number of para-hydroxylation sites is 1. The maximum absolute atomic E-state index is 12.9. The molecular weight excluding hydrogens is 400 g/mol. The van der Waals surface area contributed by atoms with Gasteiger partial charge in [-0.15, -0.1) is 11.3 Å². The molecule has 1 fully saturated rings. The van der Waals surface area contributed by atoms with Crippen LogP contribution >= 0.6 is 11.3 Å². The third-order valence-electron chi connectivity index (χ3n) is 5.91. The highest BCUT2D eigenvalue weighted by atomic mass is 32.1. The summed E-state index contributed by atoms with van der Waals surface area (Å²) in [6, 6.07) is 11.9. The van der Waals surface area contributed by atoms with Gasteiger partial charge in [0.15, 0.2) is 0 Å². The molecule has 0 spiro atoms. The fourth-order valence-corrected chi connectivity index (χ4v) is 4.96. The number of hydrogen-bond donors (Lipinski definition) is 2. The maximum Gasteiger partial charge on any atom is 0.323 e. The standard InChI is InChI=1S/C22H26N4O3S/c1-14-17-13-18(30-20(17)26(24-14)16-7-5-4-6-8-16)19(27)23-15-9-11-25(12-10-15)22(2,3)21(28)29/h4-8,13,15H,9-12H2,1-3H3,(H,23,27)(H,28,29). The molecule has 0 atom stereocenters. The molecule has 30 heavy (non-hydrogen) atoms. The number of nitrogens with zero attached hydrogens (tertiary/aromatic N) is 3. The second-order valence-electron chi connectivity index (χ2n) is 8.26. The van der Waals surface area contributed by atoms with Crippen molar-refractivity contribution in [3.63, 3.8) is 0 Å². The van der Waals surface area contributed by atoms with E-state index in [0.29, 0.717) is 18.0 Å². The number of likely N-dealkylation sites (tertiary alicyclic amines) is 1. The molecule has 3 aromatic rings. The van der Waals surface area contributed by atoms with E-state index in [1.54, 1.807) is 13.8 Å². The van der Waals surface area contributed by atoms with Gasteiger partial charge in [0.1, 0.15) is 10.4 Å². The minimum Gasteiger partial charge on any atom is -0.480 e. The molecule has 1 aliphatic heterocycles. The number of benzene rings is 1. The summed E-state index contributed by atoms with van der Waals surface area (Å²) in [6.07, 6.45) is 1.48. The minimum absolute atomic E-state index is 0.0512. The molecule has 0 saturated carbocycles. The second-order valence-corrected chi connectivity index (χ2v) is 9.29. The minimum atomic E-state index is -0.888. The van der Waals surface area contributed by atoms with Crippen LogP contribution in [-0.2, 0) is 4.79 Å². The van der Waals surface area contributed by atoms with E-state index in [9.17, 15) is 14.7 Å². The van der Waals surface area contributed by atoms with E-state index in [1.807, 2.05) is 52.9 Å². The zero-order chi connectivity index (χ0) is 21.5. The second kappa shape index (κ2) is 7.85. The molecule has 0 radical (unpaired) electrons. The van der Waals surface area contributed by atoms with Crippen molar-refractivity contribution in [3.05, 3.63) is 47.0 Å². The van der Waals surface area contributed by atoms with Gasteiger partial charge in [0.05, 0.1) is 16.3 Å². The number of carboxylic acid groups (broad SMARTS) is 1. The van der Waals surface area contributed by atoms with Crippen molar-refractivity contribution in [2.75, 3.05) is 13.1 Å². The third kappa shape index (κ3) is 3.73. The molecule has 1 aromatic carbocycles. The molecule has 8 heteroatoms. The van der Waals surface area contributed by atoms with Gasteiger partial charge in [0.25, 0.3) is 5.91 Å². The number of hydrogen-bond acceptors (Lipinski definition) is 5. The lowest BCUT2D eigenvalue weighted by atomic mass is 9.96. The molecule has 0 bridgehead atoms. The number of fused-ring (bicyclic) bond motifs is 1. The van der Waals surface area contributed by atoms with Crippen LogP contribution in [-0.4, -0.2) is 56.3 Å². The summed E-state index contributed by atoms with van der Waals surface area (Å²) in [5.74, 6) is -0.899. The number of carbonyl (C=O) groups excluding carboxylic acids is 1. The van der Waals surface area contributed by atoms with E-state index >= 15 is 0 Å². The quantitative estimate of drug-likeness (QED) is 0.652. The highest BCUT2D eigenvalue weighted by Crippen LogP contribution is 2.30. The van der Waals surface area contributed by atoms with Gasteiger partial charge in [-0.1, -0.05) is 18.2 Å². The monoisotopic (exact) mass is 426 g/mol. The molecule has 1 aliphatic rings. The van der Waals surface area contributed by atoms with Crippen molar-refractivity contribution in [2.24, 2.45) is 0 Å². The summed E-state index contributed by atoms with van der Waals surface area (Å²) in [4.78, 5) is 28.0. The molecule has 0 aliphatic carbocycles. The molecular formula is C22H26N4O3S. The van der Waals surface area contributed by atoms with Crippen LogP contribution in [0, 0.1) is 6.92 Å². The number of carboxylic acids is 1. The molecule has 2 N–H and O–H groups in total. The Balaban J connectivity index is 1.47. The first-order valence-electron chi connectivity index (χ1n) is 10.1. The first-order chi connectivity index (χ1) is 14.3. The van der Waals surface area contributed by atoms with Crippen LogP contribution in [0.15, 0.2) is 36.4 Å². The summed E-state index contributed by atoms with van der Waals surface area (Å²) >= 11 is 1.45. The van der Waals surface area contributed by atoms with Gasteiger partial charge in [-0.2, -0.15) is 5.10 Å². The Hall–Kier alpha value is -2.71. The predicted octanol–water partition coefficient (Wildman–Crippen LogP) is 3.45. The van der Waals surface area contributed by atoms with Crippen molar-refractivity contribution < 1.29 is 14.7 Å². The van der Waals surface area contributed by atoms with Crippen molar-refractivity contribution in [1.82, 2.24) is 20.0 Å². The molecule has 1 saturated heterocycles. The normalized spacial score (nSPS) is 16.1. The number of aryl methyl sites for hydroxylation is 1. The fraction of sp³-hybridized carbons (Fsp3) is 0.409. The number of aromatic nitrogens is 2. The van der Waals surface area contributed by atoms with E-state index < -0.39 is 11.5 Å². The van der Waals surface area contributed by atoms with Crippen LogP contribution < -0.4 is 5.32 Å². The number of amides is 1. The van der Waals surface area contributed by atoms with Gasteiger partial charge in [-0.3, -0.25) is 14.5 Å². The highest BCUT2D eigenvalue weighted by molar-refractivity contribution is 7.20. The van der Waals surface area contributed by atoms with Crippen molar-refractivity contribution >= 4 is 33.4 Å². The highest BCUT2D eigenvalue weighted by Gasteiger charge is 2.37. The average Bonchev–Trinajstić information content (AvgIpc) is 3.30. The fourth-order valence-electron chi connectivity index (χ4n) is 3.88. The Labute approximate surface area is 179 Å². The summed E-state index contributed by atoms with van der Waals surface area (Å²) < 4.78 is 1.89. The van der Waals surface area contributed by atoms with Crippen LogP contribution in [0.1, 0.15) is 42.1 Å². The Morgan fingerprint density at radius 3 is 2.50 bits per heavy atom. The lowest BCUT2D eigenvalue weighted by Gasteiger charge is -2.40. The Morgan fingerprint density at radius 1 is 1.20 bits per heavy atom. The summed E-state index contributed by atoms with van der Waals surface area (Å²) in [5.41, 5.74) is 0.979. The maximum atomic E-state index is 12.9. The number of rotatable bonds is 5. The van der Waals surface area contributed by atoms with Crippen LogP contribution in [0.3, 0.4) is 0 Å². The zero-order valence-corrected chi connectivity index (χ0v) is 18.2. The SMILES string of the molecule is Cc1nn(-c2ccccc2)c2sc(C(=O)NC3CCN(C(C)(C)C(=O)O)CC3)cc12. The topological polar surface area (TPSA) is 87.5 Å². The van der Waals surface area contributed by atoms with E-state index in [-0.39, 0.29) is 11.9 Å². The largest absolute Gasteiger partial charge is 0.480 e. The first-order valence-corrected chi connectivity index (χ1v) is 10.9. The molecule has 4 rings (SSSR count). The number of carbonyl (C=O) groups is 2. The number of thiophene rings is 1. The van der Waals surface area contributed by atoms with Crippen LogP contribution in [0.5, 0.6) is 0 Å². The van der Waals surface area contributed by atoms with Crippen LogP contribution in [0.4, 0.5) is 0 Å². The number of nitrogens with one attached hydrogen (secondary N) is 1. The van der Waals surface area contributed by atoms with Crippen LogP contribution in [0.25, 0.3) is 15.9 Å². The average molecular weight is 427 g/mol. The van der Waals surface area contributed by atoms with E-state index in [2.05, 4.69) is 10.4 Å². The first kappa shape index (κ1) is 20.6. The summed E-state index contributed by atoms with van der Waals surface area (Å²) in [7, 11) is 0. The Bertz CT molecular complexity index is 1080. The van der Waals surface area contributed by atoms with Gasteiger partial charge in [-0.05, 0) is 51.8 Å². The van der Waals surface area contributed by atoms with Gasteiger partial charge in [0.2, 0.25) is 0 Å². The van der Waals surface area contributed by atoms with Gasteiger partial charge in [0, 0.05) is 24.5 Å². The van der Waals surface area contributed by atoms with Gasteiger partial charge < -0.3 is 10.4 Å². The summed E-state index contributed by atoms with van der Waals surface area (Å²) in [6.45, 7) is 6.71. The molecule has 158 valence electrons. The molecule has 7 nitrogen and oxygen atoms in total. The zero-order valence-electron chi connectivity index (χ0n) is 17.4. The number of piperidine rings is 1. The van der Waals surface area contributed by atoms with Crippen LogP contribution in [0.2, 0.25) is 0 Å². The molecule has 1 amide bonds. The molecule has 3 heterocycles. The Kier molecular flexibility index (Phi) is 5.38. The van der Waals surface area contributed by atoms with E-state index in [0.717, 1.165) is 34.4 Å². The van der Waals surface area contributed by atoms with E-state index in [1.165, 1.54) is 11.3 Å². The smallest absolute Gasteiger partial charge is 0.323 e. The predicted molar refractivity (Wildman–Crippen MR) is 117 cm³/mol. The lowest BCUT2D eigenvalue weighted by molar-refractivity contribution is -0.150. The summed E-state index contributed by atoms with van der Waals surface area (Å²) in [5, 5.41) is 18.2. The molecule has 0 unspecified atom stereocenters. The number of aliphatic carboxylic acids is 1. The third-order valence-corrected chi connectivity index (χ3v) is 7.02. The Morgan fingerprint density at radius 2 is 1.87 bits per heavy atom. The molecule has 2 aromatic heterocycles.